The smallest absolute Gasteiger partial charge is 0.0922 e. The molecule has 4 fully saturated rings. The molecular weight excluding hydrogens is 330 g/mol. The van der Waals surface area contributed by atoms with Gasteiger partial charge in [0, 0.05) is 0 Å². The number of hydrogen-bond donors (Lipinski definition) is 0. The minimum Gasteiger partial charge on any atom is -0.151 e. The lowest BCUT2D eigenvalue weighted by Crippen LogP contribution is -2.48. The van der Waals surface area contributed by atoms with E-state index in [1.807, 2.05) is 0 Å². The highest BCUT2D eigenvalue weighted by molar-refractivity contribution is 5.06. The van der Waals surface area contributed by atoms with E-state index in [1.54, 1.807) is 0 Å². The number of fused-ring (bicyclic) bond motifs is 5. The summed E-state index contributed by atoms with van der Waals surface area (Å²) < 4.78 is 0. The van der Waals surface area contributed by atoms with Gasteiger partial charge in [-0.05, 0) is 117 Å². The van der Waals surface area contributed by atoms with E-state index in [-0.39, 0.29) is 6.04 Å². The molecule has 0 aromatic heterocycles. The Balaban J connectivity index is 1.41. The molecule has 4 rings (SSSR count). The van der Waals surface area contributed by atoms with E-state index in [4.69, 9.17) is 0 Å². The summed E-state index contributed by atoms with van der Waals surface area (Å²) >= 11 is 0. The molecule has 0 bridgehead atoms. The van der Waals surface area contributed by atoms with Crippen LogP contribution >= 0.6 is 0 Å². The lowest BCUT2D eigenvalue weighted by molar-refractivity contribution is -0.0649. The van der Waals surface area contributed by atoms with Crippen LogP contribution in [0.4, 0.5) is 0 Å². The molecule has 0 heterocycles. The first-order valence-electron chi connectivity index (χ1n) is 12.1. The fraction of sp³-hybridized carbons (Fsp3) is 1.00. The number of nitroso groups, excluding NO2 is 1. The summed E-state index contributed by atoms with van der Waals surface area (Å²) in [4.78, 5) is 11.0. The minimum atomic E-state index is 0.135. The van der Waals surface area contributed by atoms with Crippen molar-refractivity contribution in [2.45, 2.75) is 111 Å². The summed E-state index contributed by atoms with van der Waals surface area (Å²) in [6.45, 7) is 9.86. The molecule has 4 aliphatic carbocycles. The van der Waals surface area contributed by atoms with Gasteiger partial charge in [0.25, 0.3) is 0 Å². The zero-order valence-corrected chi connectivity index (χ0v) is 18.4. The minimum absolute atomic E-state index is 0.135. The first kappa shape index (κ1) is 19.9. The van der Waals surface area contributed by atoms with Gasteiger partial charge in [0.2, 0.25) is 0 Å². The predicted octanol–water partition coefficient (Wildman–Crippen LogP) is 7.61. The van der Waals surface area contributed by atoms with Crippen molar-refractivity contribution in [1.29, 1.82) is 0 Å². The van der Waals surface area contributed by atoms with Gasteiger partial charge in [0.15, 0.2) is 0 Å². The van der Waals surface area contributed by atoms with Gasteiger partial charge in [-0.15, -0.1) is 0 Å². The second kappa shape index (κ2) is 7.45. The standard InChI is InChI=1S/C25H43NO/c1-24(2,3)14-5-6-18-8-12-23-22-10-7-17-16-19(26-27)9-11-20(17)21(22)13-15-25(18,23)4/h17-23H,5-16H2,1-4H3. The largest absolute Gasteiger partial charge is 0.151 e. The molecule has 0 N–H and O–H groups in total. The van der Waals surface area contributed by atoms with Crippen molar-refractivity contribution in [3.05, 3.63) is 4.91 Å². The Morgan fingerprint density at radius 1 is 0.926 bits per heavy atom. The molecule has 8 atom stereocenters. The Kier molecular flexibility index (Phi) is 5.49. The predicted molar refractivity (Wildman–Crippen MR) is 113 cm³/mol. The molecule has 27 heavy (non-hydrogen) atoms. The molecule has 0 amide bonds. The molecule has 0 aliphatic heterocycles. The molecule has 2 heteroatoms. The van der Waals surface area contributed by atoms with Crippen molar-refractivity contribution in [2.24, 2.45) is 51.5 Å². The van der Waals surface area contributed by atoms with Crippen LogP contribution < -0.4 is 0 Å². The highest BCUT2D eigenvalue weighted by atomic mass is 16.3. The van der Waals surface area contributed by atoms with Gasteiger partial charge in [-0.3, -0.25) is 0 Å². The average Bonchev–Trinajstić information content (AvgIpc) is 2.96. The van der Waals surface area contributed by atoms with E-state index in [0.29, 0.717) is 10.8 Å². The van der Waals surface area contributed by atoms with Crippen molar-refractivity contribution >= 4 is 0 Å². The second-order valence-corrected chi connectivity index (χ2v) is 12.3. The molecule has 0 saturated heterocycles. The van der Waals surface area contributed by atoms with Gasteiger partial charge in [-0.2, -0.15) is 4.91 Å². The van der Waals surface area contributed by atoms with E-state index >= 15 is 0 Å². The third kappa shape index (κ3) is 3.76. The topological polar surface area (TPSA) is 29.4 Å². The molecule has 4 aliphatic rings. The van der Waals surface area contributed by atoms with Gasteiger partial charge < -0.3 is 0 Å². The second-order valence-electron chi connectivity index (χ2n) is 12.3. The Morgan fingerprint density at radius 3 is 2.44 bits per heavy atom. The lowest BCUT2D eigenvalue weighted by Gasteiger charge is -2.56. The zero-order valence-electron chi connectivity index (χ0n) is 18.4. The highest BCUT2D eigenvalue weighted by Gasteiger charge is 2.56. The molecular formula is C25H43NO. The van der Waals surface area contributed by atoms with Crippen LogP contribution in [0.15, 0.2) is 5.18 Å². The molecule has 0 aromatic rings. The van der Waals surface area contributed by atoms with Crippen molar-refractivity contribution in [2.75, 3.05) is 0 Å². The fourth-order valence-electron chi connectivity index (χ4n) is 8.39. The van der Waals surface area contributed by atoms with Crippen molar-refractivity contribution in [3.63, 3.8) is 0 Å². The molecule has 4 saturated carbocycles. The van der Waals surface area contributed by atoms with Crippen LogP contribution in [0, 0.1) is 51.2 Å². The Hall–Kier alpha value is -0.400. The number of nitrogens with zero attached hydrogens (tertiary/aromatic N) is 1. The Bertz CT molecular complexity index is 537. The van der Waals surface area contributed by atoms with Crippen LogP contribution in [0.25, 0.3) is 0 Å². The molecule has 154 valence electrons. The third-order valence-corrected chi connectivity index (χ3v) is 9.75. The maximum absolute atomic E-state index is 11.0. The van der Waals surface area contributed by atoms with Crippen LogP contribution in [-0.4, -0.2) is 6.04 Å². The molecule has 2 nitrogen and oxygen atoms in total. The van der Waals surface area contributed by atoms with Crippen molar-refractivity contribution in [3.8, 4) is 0 Å². The first-order valence-corrected chi connectivity index (χ1v) is 12.1. The molecule has 0 spiro atoms. The van der Waals surface area contributed by atoms with E-state index in [9.17, 15) is 4.91 Å². The van der Waals surface area contributed by atoms with Crippen LogP contribution in [-0.2, 0) is 0 Å². The Morgan fingerprint density at radius 2 is 1.70 bits per heavy atom. The SMILES string of the molecule is CC(C)(C)CCCC1CCC2C3CCC4CC(N=O)CCC4C3CCC12C. The summed E-state index contributed by atoms with van der Waals surface area (Å²) in [5, 5.41) is 3.41. The van der Waals surface area contributed by atoms with Crippen LogP contribution in [0.2, 0.25) is 0 Å². The Labute approximate surface area is 167 Å². The van der Waals surface area contributed by atoms with Crippen molar-refractivity contribution in [1.82, 2.24) is 0 Å². The fourth-order valence-corrected chi connectivity index (χ4v) is 8.39. The molecule has 0 aromatic carbocycles. The summed E-state index contributed by atoms with van der Waals surface area (Å²) in [7, 11) is 0. The third-order valence-electron chi connectivity index (χ3n) is 9.75. The zero-order chi connectivity index (χ0) is 19.2. The molecule has 8 unspecified atom stereocenters. The maximum Gasteiger partial charge on any atom is 0.0922 e. The lowest BCUT2D eigenvalue weighted by atomic mass is 9.49. The van der Waals surface area contributed by atoms with E-state index in [2.05, 4.69) is 32.9 Å². The van der Waals surface area contributed by atoms with E-state index < -0.39 is 0 Å². The van der Waals surface area contributed by atoms with E-state index in [0.717, 1.165) is 48.3 Å². The van der Waals surface area contributed by atoms with Crippen LogP contribution in [0.1, 0.15) is 105 Å². The van der Waals surface area contributed by atoms with Crippen molar-refractivity contribution < 1.29 is 0 Å². The summed E-state index contributed by atoms with van der Waals surface area (Å²) in [5.41, 5.74) is 1.12. The summed E-state index contributed by atoms with van der Waals surface area (Å²) in [5.74, 6) is 5.70. The number of hydrogen-bond acceptors (Lipinski definition) is 2. The molecule has 0 radical (unpaired) electrons. The van der Waals surface area contributed by atoms with Gasteiger partial charge in [-0.25, -0.2) is 0 Å². The summed E-state index contributed by atoms with van der Waals surface area (Å²) in [6.07, 6.45) is 16.6. The highest BCUT2D eigenvalue weighted by Crippen LogP contribution is 2.65. The van der Waals surface area contributed by atoms with Gasteiger partial charge in [-0.1, -0.05) is 39.3 Å². The van der Waals surface area contributed by atoms with Gasteiger partial charge in [0.05, 0.1) is 6.04 Å². The van der Waals surface area contributed by atoms with Gasteiger partial charge >= 0.3 is 0 Å². The average molecular weight is 374 g/mol. The summed E-state index contributed by atoms with van der Waals surface area (Å²) in [6, 6.07) is 0.135. The first-order chi connectivity index (χ1) is 12.8. The monoisotopic (exact) mass is 373 g/mol. The van der Waals surface area contributed by atoms with Gasteiger partial charge in [0.1, 0.15) is 0 Å². The number of rotatable bonds is 4. The maximum atomic E-state index is 11.0. The van der Waals surface area contributed by atoms with Crippen LogP contribution in [0.5, 0.6) is 0 Å². The normalized spacial score (nSPS) is 47.0. The quantitative estimate of drug-likeness (QED) is 0.466. The van der Waals surface area contributed by atoms with Crippen LogP contribution in [0.3, 0.4) is 0 Å². The van der Waals surface area contributed by atoms with E-state index in [1.165, 1.54) is 64.2 Å².